The number of rotatable bonds is 10. The Morgan fingerprint density at radius 2 is 1.23 bits per heavy atom. The highest BCUT2D eigenvalue weighted by atomic mass is 19.3. The fraction of sp³-hybridized carbons (Fsp3) is 1.00. The van der Waals surface area contributed by atoms with Crippen molar-refractivity contribution in [1.82, 2.24) is 0 Å². The molecule has 0 aromatic heterocycles. The molecule has 2 nitrogen and oxygen atoms in total. The van der Waals surface area contributed by atoms with Crippen LogP contribution in [0.3, 0.4) is 0 Å². The highest BCUT2D eigenvalue weighted by Gasteiger charge is 2.61. The zero-order chi connectivity index (χ0) is 17.8. The molecule has 0 aromatic carbocycles. The second-order valence-corrected chi connectivity index (χ2v) is 4.61. The van der Waals surface area contributed by atoms with E-state index in [9.17, 15) is 35.1 Å². The molecule has 22 heavy (non-hydrogen) atoms. The molecule has 1 unspecified atom stereocenters. The number of hydrogen-bond acceptors (Lipinski definition) is 2. The van der Waals surface area contributed by atoms with Crippen LogP contribution in [-0.4, -0.2) is 43.7 Å². The summed E-state index contributed by atoms with van der Waals surface area (Å²) in [6.45, 7) is 1.98. The van der Waals surface area contributed by atoms with Crippen molar-refractivity contribution in [2.24, 2.45) is 5.92 Å². The van der Waals surface area contributed by atoms with E-state index in [0.717, 1.165) is 0 Å². The van der Waals surface area contributed by atoms with Gasteiger partial charge in [0.15, 0.2) is 5.79 Å². The van der Waals surface area contributed by atoms with E-state index in [1.165, 1.54) is 13.8 Å². The van der Waals surface area contributed by atoms with Crippen molar-refractivity contribution in [3.63, 3.8) is 0 Å². The normalized spacial score (nSPS) is 15.7. The monoisotopic (exact) mass is 346 g/mol. The van der Waals surface area contributed by atoms with Gasteiger partial charge in [0, 0.05) is 13.2 Å². The SMILES string of the molecule is CCOC(CC(F)(F)C(F)F)(OCC)C(C)C(F)(F)C(F)F. The van der Waals surface area contributed by atoms with Gasteiger partial charge in [-0.1, -0.05) is 6.92 Å². The zero-order valence-electron chi connectivity index (χ0n) is 12.2. The fourth-order valence-electron chi connectivity index (χ4n) is 1.92. The minimum absolute atomic E-state index is 0.469. The summed E-state index contributed by atoms with van der Waals surface area (Å²) in [5.41, 5.74) is 0. The second kappa shape index (κ2) is 7.76. The maximum absolute atomic E-state index is 13.5. The van der Waals surface area contributed by atoms with Gasteiger partial charge < -0.3 is 9.47 Å². The minimum Gasteiger partial charge on any atom is -0.349 e. The first kappa shape index (κ1) is 21.4. The summed E-state index contributed by atoms with van der Waals surface area (Å²) in [6, 6.07) is 0. The number of halogens is 8. The third kappa shape index (κ3) is 4.68. The van der Waals surface area contributed by atoms with Crippen molar-refractivity contribution in [1.29, 1.82) is 0 Å². The molecule has 0 radical (unpaired) electrons. The topological polar surface area (TPSA) is 18.5 Å². The molecule has 0 spiro atoms. The van der Waals surface area contributed by atoms with Crippen LogP contribution in [0.4, 0.5) is 35.1 Å². The van der Waals surface area contributed by atoms with Crippen LogP contribution >= 0.6 is 0 Å². The van der Waals surface area contributed by atoms with E-state index in [4.69, 9.17) is 9.47 Å². The highest BCUT2D eigenvalue weighted by molar-refractivity contribution is 4.93. The molecular formula is C12H18F8O2. The largest absolute Gasteiger partial charge is 0.349 e. The first-order valence-corrected chi connectivity index (χ1v) is 6.47. The lowest BCUT2D eigenvalue weighted by molar-refractivity contribution is -0.337. The van der Waals surface area contributed by atoms with Crippen LogP contribution in [-0.2, 0) is 9.47 Å². The Morgan fingerprint density at radius 3 is 1.50 bits per heavy atom. The molecule has 0 saturated carbocycles. The molecule has 0 N–H and O–H groups in total. The molecule has 0 aliphatic heterocycles. The second-order valence-electron chi connectivity index (χ2n) is 4.61. The van der Waals surface area contributed by atoms with Gasteiger partial charge in [0.2, 0.25) is 0 Å². The molecule has 10 heteroatoms. The summed E-state index contributed by atoms with van der Waals surface area (Å²) in [4.78, 5) is 0. The third-order valence-electron chi connectivity index (χ3n) is 3.11. The van der Waals surface area contributed by atoms with Crippen LogP contribution in [0.1, 0.15) is 27.2 Å². The van der Waals surface area contributed by atoms with Gasteiger partial charge in [-0.15, -0.1) is 0 Å². The Hall–Kier alpha value is -0.640. The van der Waals surface area contributed by atoms with Crippen molar-refractivity contribution < 1.29 is 44.6 Å². The Labute approximate surface area is 122 Å². The summed E-state index contributed by atoms with van der Waals surface area (Å²) in [6.07, 6.45) is -10.3. The lowest BCUT2D eigenvalue weighted by Gasteiger charge is -2.42. The van der Waals surface area contributed by atoms with E-state index in [1.54, 1.807) is 0 Å². The summed E-state index contributed by atoms with van der Waals surface area (Å²) >= 11 is 0. The summed E-state index contributed by atoms with van der Waals surface area (Å²) in [5.74, 6) is -15.0. The van der Waals surface area contributed by atoms with Gasteiger partial charge in [-0.25, -0.2) is 26.3 Å². The van der Waals surface area contributed by atoms with E-state index >= 15 is 0 Å². The van der Waals surface area contributed by atoms with Crippen molar-refractivity contribution in [3.05, 3.63) is 0 Å². The molecule has 0 aliphatic carbocycles. The molecule has 0 aromatic rings. The van der Waals surface area contributed by atoms with Gasteiger partial charge in [-0.3, -0.25) is 0 Å². The zero-order valence-corrected chi connectivity index (χ0v) is 12.2. The van der Waals surface area contributed by atoms with Crippen LogP contribution < -0.4 is 0 Å². The van der Waals surface area contributed by atoms with Crippen LogP contribution in [0, 0.1) is 5.92 Å². The first-order valence-electron chi connectivity index (χ1n) is 6.47. The van der Waals surface area contributed by atoms with Gasteiger partial charge in [0.25, 0.3) is 0 Å². The van der Waals surface area contributed by atoms with E-state index < -0.39 is 56.0 Å². The Kier molecular flexibility index (Phi) is 7.53. The Morgan fingerprint density at radius 1 is 0.818 bits per heavy atom. The Bertz CT molecular complexity index is 329. The maximum Gasteiger partial charge on any atom is 0.315 e. The Balaban J connectivity index is 5.77. The van der Waals surface area contributed by atoms with Crippen LogP contribution in [0.5, 0.6) is 0 Å². The number of ether oxygens (including phenoxy) is 2. The van der Waals surface area contributed by atoms with Gasteiger partial charge in [0.05, 0.1) is 12.3 Å². The lowest BCUT2D eigenvalue weighted by Crippen LogP contribution is -2.56. The lowest BCUT2D eigenvalue weighted by atomic mass is 9.88. The van der Waals surface area contributed by atoms with Crippen molar-refractivity contribution in [2.75, 3.05) is 13.2 Å². The minimum atomic E-state index is -4.76. The molecule has 0 rings (SSSR count). The standard InChI is InChI=1S/C12H18F8O2/c1-4-21-11(22-5-2,6-10(17,18)8(13)14)7(3)12(19,20)9(15)16/h7-9H,4-6H2,1-3H3. The van der Waals surface area contributed by atoms with E-state index in [0.29, 0.717) is 6.92 Å². The quantitative estimate of drug-likeness (QED) is 0.426. The number of alkyl halides is 8. The molecular weight excluding hydrogens is 328 g/mol. The van der Waals surface area contributed by atoms with Gasteiger partial charge in [0.1, 0.15) is 0 Å². The van der Waals surface area contributed by atoms with Crippen molar-refractivity contribution >= 4 is 0 Å². The average molecular weight is 346 g/mol. The molecule has 0 heterocycles. The van der Waals surface area contributed by atoms with Crippen LogP contribution in [0.2, 0.25) is 0 Å². The van der Waals surface area contributed by atoms with Gasteiger partial charge in [-0.05, 0) is 13.8 Å². The first-order chi connectivity index (χ1) is 9.87. The summed E-state index contributed by atoms with van der Waals surface area (Å²) < 4.78 is 113. The predicted molar refractivity (Wildman–Crippen MR) is 61.7 cm³/mol. The smallest absolute Gasteiger partial charge is 0.315 e. The molecule has 0 saturated heterocycles. The van der Waals surface area contributed by atoms with E-state index in [2.05, 4.69) is 0 Å². The molecule has 1 atom stereocenters. The fourth-order valence-corrected chi connectivity index (χ4v) is 1.92. The maximum atomic E-state index is 13.5. The predicted octanol–water partition coefficient (Wildman–Crippen LogP) is 4.58. The molecule has 0 bridgehead atoms. The van der Waals surface area contributed by atoms with E-state index in [-0.39, 0.29) is 0 Å². The third-order valence-corrected chi connectivity index (χ3v) is 3.11. The van der Waals surface area contributed by atoms with E-state index in [1.807, 2.05) is 0 Å². The molecule has 0 amide bonds. The highest BCUT2D eigenvalue weighted by Crippen LogP contribution is 2.46. The number of hydrogen-bond donors (Lipinski definition) is 0. The molecule has 134 valence electrons. The van der Waals surface area contributed by atoms with Crippen molar-refractivity contribution in [3.8, 4) is 0 Å². The molecule has 0 aliphatic rings. The summed E-state index contributed by atoms with van der Waals surface area (Å²) in [7, 11) is 0. The summed E-state index contributed by atoms with van der Waals surface area (Å²) in [5, 5.41) is 0. The van der Waals surface area contributed by atoms with Crippen molar-refractivity contribution in [2.45, 2.75) is 57.7 Å². The van der Waals surface area contributed by atoms with Crippen LogP contribution in [0.25, 0.3) is 0 Å². The van der Waals surface area contributed by atoms with Crippen LogP contribution in [0.15, 0.2) is 0 Å². The van der Waals surface area contributed by atoms with Gasteiger partial charge in [-0.2, -0.15) is 8.78 Å². The average Bonchev–Trinajstić information content (AvgIpc) is 2.37. The van der Waals surface area contributed by atoms with Gasteiger partial charge >= 0.3 is 24.7 Å². The molecule has 0 fully saturated rings.